The first-order valence-corrected chi connectivity index (χ1v) is 12.6. The second kappa shape index (κ2) is 13.0. The number of aromatic nitrogens is 1. The molecule has 3 rings (SSSR count). The Hall–Kier alpha value is -2.00. The number of aromatic amines is 1. The standard InChI is InChI=1S/C25H39N5O2S/c1-4-28(5-2)11-7-10-26-25(33)30(13-12-29-14-16-32-17-15-29)19-22-18-21-9-6-8-20(3)23(21)27-24(22)31/h6,8-9,18H,4-5,7,10-17,19H2,1-3H3,(H,26,33)(H,27,31). The molecule has 8 heteroatoms. The molecule has 0 saturated carbocycles. The summed E-state index contributed by atoms with van der Waals surface area (Å²) in [7, 11) is 0. The van der Waals surface area contributed by atoms with Gasteiger partial charge >= 0.3 is 0 Å². The number of ether oxygens (including phenoxy) is 1. The Bertz CT molecular complexity index is 953. The van der Waals surface area contributed by atoms with E-state index >= 15 is 0 Å². The first kappa shape index (κ1) is 25.6. The van der Waals surface area contributed by atoms with Crippen LogP contribution in [0.5, 0.6) is 0 Å². The molecule has 1 aliphatic heterocycles. The van der Waals surface area contributed by atoms with Crippen molar-refractivity contribution in [1.82, 2.24) is 25.0 Å². The maximum absolute atomic E-state index is 12.9. The van der Waals surface area contributed by atoms with Gasteiger partial charge in [-0.15, -0.1) is 0 Å². The average Bonchev–Trinajstić information content (AvgIpc) is 2.83. The maximum Gasteiger partial charge on any atom is 0.253 e. The molecule has 0 spiro atoms. The molecule has 182 valence electrons. The number of benzene rings is 1. The number of para-hydroxylation sites is 1. The lowest BCUT2D eigenvalue weighted by atomic mass is 10.1. The smallest absolute Gasteiger partial charge is 0.253 e. The number of aryl methyl sites for hydroxylation is 1. The van der Waals surface area contributed by atoms with E-state index in [1.165, 1.54) is 0 Å². The van der Waals surface area contributed by atoms with Gasteiger partial charge in [0.25, 0.3) is 5.56 Å². The number of rotatable bonds is 11. The topological polar surface area (TPSA) is 63.8 Å². The minimum absolute atomic E-state index is 0.0440. The first-order valence-electron chi connectivity index (χ1n) is 12.2. The van der Waals surface area contributed by atoms with E-state index in [1.54, 1.807) is 0 Å². The molecule has 1 fully saturated rings. The van der Waals surface area contributed by atoms with Crippen molar-refractivity contribution in [1.29, 1.82) is 0 Å². The van der Waals surface area contributed by atoms with Crippen LogP contribution in [-0.2, 0) is 11.3 Å². The van der Waals surface area contributed by atoms with Gasteiger partial charge in [0, 0.05) is 38.3 Å². The lowest BCUT2D eigenvalue weighted by Crippen LogP contribution is -2.46. The quantitative estimate of drug-likeness (QED) is 0.384. The first-order chi connectivity index (χ1) is 16.0. The van der Waals surface area contributed by atoms with Crippen LogP contribution in [0, 0.1) is 6.92 Å². The number of nitrogens with zero attached hydrogens (tertiary/aromatic N) is 3. The molecular weight excluding hydrogens is 434 g/mol. The largest absolute Gasteiger partial charge is 0.379 e. The zero-order valence-corrected chi connectivity index (χ0v) is 21.2. The summed E-state index contributed by atoms with van der Waals surface area (Å²) in [6.45, 7) is 16.0. The number of pyridine rings is 1. The lowest BCUT2D eigenvalue weighted by Gasteiger charge is -2.31. The van der Waals surface area contributed by atoms with Gasteiger partial charge in [0.15, 0.2) is 5.11 Å². The molecule has 0 amide bonds. The van der Waals surface area contributed by atoms with Gasteiger partial charge in [-0.1, -0.05) is 32.0 Å². The zero-order valence-electron chi connectivity index (χ0n) is 20.4. The third-order valence-corrected chi connectivity index (χ3v) is 6.83. The fraction of sp³-hybridized carbons (Fsp3) is 0.600. The summed E-state index contributed by atoms with van der Waals surface area (Å²) in [6.07, 6.45) is 1.04. The molecule has 1 aromatic carbocycles. The molecule has 2 heterocycles. The fourth-order valence-corrected chi connectivity index (χ4v) is 4.50. The van der Waals surface area contributed by atoms with Crippen LogP contribution in [-0.4, -0.2) is 90.4 Å². The number of nitrogens with one attached hydrogen (secondary N) is 2. The molecule has 0 bridgehead atoms. The van der Waals surface area contributed by atoms with Gasteiger partial charge in [-0.05, 0) is 62.2 Å². The minimum atomic E-state index is -0.0440. The molecular formula is C25H39N5O2S. The second-order valence-electron chi connectivity index (χ2n) is 8.65. The summed E-state index contributed by atoms with van der Waals surface area (Å²) in [5, 5.41) is 5.20. The third kappa shape index (κ3) is 7.50. The van der Waals surface area contributed by atoms with Crippen molar-refractivity contribution >= 4 is 28.2 Å². The summed E-state index contributed by atoms with van der Waals surface area (Å²) >= 11 is 5.78. The molecule has 7 nitrogen and oxygen atoms in total. The number of fused-ring (bicyclic) bond motifs is 1. The van der Waals surface area contributed by atoms with Gasteiger partial charge in [0.2, 0.25) is 0 Å². The Morgan fingerprint density at radius 2 is 1.97 bits per heavy atom. The van der Waals surface area contributed by atoms with E-state index in [0.29, 0.717) is 11.7 Å². The van der Waals surface area contributed by atoms with Crippen molar-refractivity contribution in [3.63, 3.8) is 0 Å². The highest BCUT2D eigenvalue weighted by Gasteiger charge is 2.17. The van der Waals surface area contributed by atoms with Gasteiger partial charge in [-0.3, -0.25) is 9.69 Å². The Labute approximate surface area is 203 Å². The van der Waals surface area contributed by atoms with Crippen LogP contribution in [0.3, 0.4) is 0 Å². The average molecular weight is 474 g/mol. The molecule has 0 aliphatic carbocycles. The number of thiocarbonyl (C=S) groups is 1. The maximum atomic E-state index is 12.9. The van der Waals surface area contributed by atoms with Crippen LogP contribution in [0.25, 0.3) is 10.9 Å². The number of H-pyrrole nitrogens is 1. The van der Waals surface area contributed by atoms with Gasteiger partial charge in [0.05, 0.1) is 25.3 Å². The highest BCUT2D eigenvalue weighted by Crippen LogP contribution is 2.16. The summed E-state index contributed by atoms with van der Waals surface area (Å²) in [5.74, 6) is 0. The van der Waals surface area contributed by atoms with Crippen molar-refractivity contribution in [3.05, 3.63) is 45.7 Å². The summed E-state index contributed by atoms with van der Waals surface area (Å²) in [5.41, 5.74) is 2.67. The lowest BCUT2D eigenvalue weighted by molar-refractivity contribution is 0.0357. The van der Waals surface area contributed by atoms with Crippen molar-refractivity contribution < 1.29 is 4.74 Å². The SMILES string of the molecule is CCN(CC)CCCNC(=S)N(CCN1CCOCC1)Cc1cc2cccc(C)c2[nH]c1=O. The van der Waals surface area contributed by atoms with Gasteiger partial charge in [-0.25, -0.2) is 0 Å². The Balaban J connectivity index is 1.68. The van der Waals surface area contributed by atoms with Crippen LogP contribution in [0.2, 0.25) is 0 Å². The Kier molecular flexibility index (Phi) is 10.1. The number of morpholine rings is 1. The summed E-state index contributed by atoms with van der Waals surface area (Å²) in [4.78, 5) is 22.9. The fourth-order valence-electron chi connectivity index (χ4n) is 4.24. The van der Waals surface area contributed by atoms with Crippen LogP contribution >= 0.6 is 12.2 Å². The van der Waals surface area contributed by atoms with Crippen LogP contribution < -0.4 is 10.9 Å². The number of hydrogen-bond acceptors (Lipinski definition) is 5. The predicted molar refractivity (Wildman–Crippen MR) is 140 cm³/mol. The zero-order chi connectivity index (χ0) is 23.6. The van der Waals surface area contributed by atoms with Crippen molar-refractivity contribution in [3.8, 4) is 0 Å². The molecule has 1 saturated heterocycles. The normalized spacial score (nSPS) is 14.7. The monoisotopic (exact) mass is 473 g/mol. The Morgan fingerprint density at radius 3 is 2.70 bits per heavy atom. The van der Waals surface area contributed by atoms with E-state index in [0.717, 1.165) is 94.0 Å². The molecule has 2 aromatic rings. The third-order valence-electron chi connectivity index (χ3n) is 6.42. The predicted octanol–water partition coefficient (Wildman–Crippen LogP) is 2.58. The molecule has 1 aromatic heterocycles. The van der Waals surface area contributed by atoms with Crippen molar-refractivity contribution in [2.75, 3.05) is 65.6 Å². The molecule has 1 aliphatic rings. The van der Waals surface area contributed by atoms with Gasteiger partial charge in [-0.2, -0.15) is 0 Å². The molecule has 0 radical (unpaired) electrons. The molecule has 33 heavy (non-hydrogen) atoms. The van der Waals surface area contributed by atoms with Crippen molar-refractivity contribution in [2.24, 2.45) is 0 Å². The van der Waals surface area contributed by atoms with E-state index in [4.69, 9.17) is 17.0 Å². The highest BCUT2D eigenvalue weighted by atomic mass is 32.1. The van der Waals surface area contributed by atoms with E-state index in [2.05, 4.69) is 38.8 Å². The molecule has 2 N–H and O–H groups in total. The van der Waals surface area contributed by atoms with Gasteiger partial charge in [0.1, 0.15) is 0 Å². The highest BCUT2D eigenvalue weighted by molar-refractivity contribution is 7.80. The van der Waals surface area contributed by atoms with Gasteiger partial charge < -0.3 is 24.8 Å². The van der Waals surface area contributed by atoms with Crippen molar-refractivity contribution in [2.45, 2.75) is 33.7 Å². The number of hydrogen-bond donors (Lipinski definition) is 2. The Morgan fingerprint density at radius 1 is 1.21 bits per heavy atom. The second-order valence-corrected chi connectivity index (χ2v) is 9.04. The van der Waals surface area contributed by atoms with E-state index in [1.807, 2.05) is 31.2 Å². The summed E-state index contributed by atoms with van der Waals surface area (Å²) in [6, 6.07) is 8.09. The minimum Gasteiger partial charge on any atom is -0.379 e. The molecule has 0 atom stereocenters. The van der Waals surface area contributed by atoms with E-state index in [-0.39, 0.29) is 5.56 Å². The molecule has 0 unspecified atom stereocenters. The van der Waals surface area contributed by atoms with E-state index < -0.39 is 0 Å². The van der Waals surface area contributed by atoms with E-state index in [9.17, 15) is 4.79 Å². The van der Waals surface area contributed by atoms with Crippen LogP contribution in [0.4, 0.5) is 0 Å². The van der Waals surface area contributed by atoms with Crippen LogP contribution in [0.1, 0.15) is 31.4 Å². The summed E-state index contributed by atoms with van der Waals surface area (Å²) < 4.78 is 5.48. The van der Waals surface area contributed by atoms with Crippen LogP contribution in [0.15, 0.2) is 29.1 Å².